The number of hydrogen-bond donors (Lipinski definition) is 0. The number of quaternary nitrogens is 1. The van der Waals surface area contributed by atoms with Crippen molar-refractivity contribution in [3.8, 4) is 0 Å². The summed E-state index contributed by atoms with van der Waals surface area (Å²) in [6, 6.07) is 0. The number of likely N-dealkylation sites (N-methyl/N-ethyl adjacent to an activating group) is 1. The van der Waals surface area contributed by atoms with Crippen LogP contribution in [0.15, 0.2) is 0 Å². The van der Waals surface area contributed by atoms with Gasteiger partial charge in [-0.2, -0.15) is 0 Å². The highest BCUT2D eigenvalue weighted by molar-refractivity contribution is 5.71. The molecule has 6 fully saturated rings. The van der Waals surface area contributed by atoms with Gasteiger partial charge in [-0.25, -0.2) is 4.79 Å². The number of carbonyl (C=O) groups excluding carboxylic acids is 1. The molecule has 0 N–H and O–H groups in total. The van der Waals surface area contributed by atoms with Crippen molar-refractivity contribution in [1.82, 2.24) is 0 Å². The fourth-order valence-corrected chi connectivity index (χ4v) is 16.2. The van der Waals surface area contributed by atoms with Gasteiger partial charge in [-0.15, -0.1) is 0 Å². The minimum Gasteiger partial charge on any atom is -0.458 e. The van der Waals surface area contributed by atoms with Crippen molar-refractivity contribution < 1.29 is 18.8 Å². The predicted octanol–water partition coefficient (Wildman–Crippen LogP) is 14.5. The first-order valence-electron chi connectivity index (χ1n) is 25.7. The third kappa shape index (κ3) is 9.01. The lowest BCUT2D eigenvalue weighted by Crippen LogP contribution is -2.68. The maximum absolute atomic E-state index is 14.2. The molecule has 4 nitrogen and oxygen atoms in total. The SMILES string of the molecule is CCCCCCCCCC[N+](C)(CCCCCCCCCC)CC(=O)O[C@H]1CC[C@@]2(C)C(CC[C@]3(C)C2CC[C@@H]2C4[C@H]5OC[C@@]4(CCC5(C)C)CC[C@]23C)C1(C)C. The van der Waals surface area contributed by atoms with Crippen molar-refractivity contribution in [2.75, 3.05) is 33.3 Å². The van der Waals surface area contributed by atoms with Crippen LogP contribution in [0.4, 0.5) is 0 Å². The molecule has 0 aromatic carbocycles. The molecule has 330 valence electrons. The van der Waals surface area contributed by atoms with E-state index < -0.39 is 0 Å². The highest BCUT2D eigenvalue weighted by atomic mass is 16.5. The molecule has 57 heavy (non-hydrogen) atoms. The first kappa shape index (κ1) is 45.9. The van der Waals surface area contributed by atoms with E-state index in [1.54, 1.807) is 0 Å². The molecule has 0 aromatic rings. The molecule has 5 saturated carbocycles. The number of rotatable bonds is 21. The number of nitrogens with zero attached hydrogens (tertiary/aromatic N) is 1. The quantitative estimate of drug-likeness (QED) is 0.0659. The molecule has 5 aliphatic carbocycles. The Morgan fingerprint density at radius 3 is 1.77 bits per heavy atom. The van der Waals surface area contributed by atoms with E-state index in [-0.39, 0.29) is 17.5 Å². The van der Waals surface area contributed by atoms with Gasteiger partial charge < -0.3 is 14.0 Å². The summed E-state index contributed by atoms with van der Waals surface area (Å²) in [5.41, 5.74) is 1.82. The van der Waals surface area contributed by atoms with Gasteiger partial charge in [0.1, 0.15) is 6.10 Å². The van der Waals surface area contributed by atoms with Crippen molar-refractivity contribution in [2.45, 2.75) is 241 Å². The fraction of sp³-hybridized carbons (Fsp3) is 0.981. The third-order valence-corrected chi connectivity index (χ3v) is 20.0. The molecule has 1 aliphatic heterocycles. The predicted molar refractivity (Wildman–Crippen MR) is 240 cm³/mol. The van der Waals surface area contributed by atoms with E-state index in [2.05, 4.69) is 69.4 Å². The van der Waals surface area contributed by atoms with Crippen molar-refractivity contribution in [3.63, 3.8) is 0 Å². The number of unbranched alkanes of at least 4 members (excludes halogenated alkanes) is 14. The Morgan fingerprint density at radius 2 is 1.18 bits per heavy atom. The largest absolute Gasteiger partial charge is 0.458 e. The Morgan fingerprint density at radius 1 is 0.614 bits per heavy atom. The van der Waals surface area contributed by atoms with Gasteiger partial charge in [0.25, 0.3) is 0 Å². The average molecular weight is 795 g/mol. The monoisotopic (exact) mass is 795 g/mol. The number of fused-ring (bicyclic) bond motifs is 5. The van der Waals surface area contributed by atoms with E-state index >= 15 is 0 Å². The van der Waals surface area contributed by atoms with E-state index in [0.717, 1.165) is 48.4 Å². The summed E-state index contributed by atoms with van der Waals surface area (Å²) in [4.78, 5) is 14.2. The zero-order valence-electron chi connectivity index (χ0n) is 39.8. The Labute approximate surface area is 354 Å². The Balaban J connectivity index is 1.08. The Hall–Kier alpha value is -0.610. The summed E-state index contributed by atoms with van der Waals surface area (Å²) in [5.74, 6) is 2.99. The van der Waals surface area contributed by atoms with Crippen LogP contribution in [0.3, 0.4) is 0 Å². The molecule has 6 aliphatic rings. The molecule has 1 saturated heterocycles. The summed E-state index contributed by atoms with van der Waals surface area (Å²) < 4.78 is 14.5. The summed E-state index contributed by atoms with van der Waals surface area (Å²) >= 11 is 0. The van der Waals surface area contributed by atoms with Gasteiger partial charge >= 0.3 is 5.97 Å². The molecule has 0 spiro atoms. The van der Waals surface area contributed by atoms with E-state index in [1.807, 2.05) is 0 Å². The first-order chi connectivity index (χ1) is 27.0. The Bertz CT molecular complexity index is 1290. The topological polar surface area (TPSA) is 35.5 Å². The molecule has 2 bridgehead atoms. The second kappa shape index (κ2) is 18.4. The van der Waals surface area contributed by atoms with Crippen LogP contribution in [0.25, 0.3) is 0 Å². The van der Waals surface area contributed by atoms with Crippen molar-refractivity contribution in [3.05, 3.63) is 0 Å². The molecule has 3 unspecified atom stereocenters. The first-order valence-corrected chi connectivity index (χ1v) is 25.7. The normalized spacial score (nSPS) is 39.1. The zero-order chi connectivity index (χ0) is 41.2. The van der Waals surface area contributed by atoms with Crippen LogP contribution in [0.1, 0.15) is 229 Å². The van der Waals surface area contributed by atoms with Gasteiger partial charge in [-0.1, -0.05) is 139 Å². The summed E-state index contributed by atoms with van der Waals surface area (Å²) in [6.07, 6.45) is 35.1. The standard InChI is InChI=1S/C53H96NO3/c1-11-13-15-17-19-21-23-25-37-54(10,38-26-24-22-20-18-16-14-12-2)39-45(55)57-44-30-31-50(7)42(49(44,5)6)29-32-52(9)43(50)28-27-41-46-47-48(3,4)33-35-53(46,40-56-47)36-34-51(41,52)8/h41-44,46-47H,11-40H2,1-10H3/q+1/t41-,42?,43?,44+,46?,47-,50+,51-,52-,53-/m1/s1. The molecule has 1 heterocycles. The summed E-state index contributed by atoms with van der Waals surface area (Å²) in [5, 5.41) is 0. The molecule has 0 radical (unpaired) electrons. The highest BCUT2D eigenvalue weighted by Gasteiger charge is 2.73. The van der Waals surface area contributed by atoms with E-state index in [4.69, 9.17) is 9.47 Å². The van der Waals surface area contributed by atoms with E-state index in [9.17, 15) is 4.79 Å². The second-order valence-corrected chi connectivity index (χ2v) is 24.3. The smallest absolute Gasteiger partial charge is 0.362 e. The van der Waals surface area contributed by atoms with Gasteiger partial charge in [0.05, 0.1) is 32.8 Å². The molecular formula is C53H96NO3+. The van der Waals surface area contributed by atoms with Crippen LogP contribution in [-0.2, 0) is 14.3 Å². The van der Waals surface area contributed by atoms with Crippen LogP contribution in [-0.4, -0.2) is 55.9 Å². The van der Waals surface area contributed by atoms with Crippen LogP contribution in [0.2, 0.25) is 0 Å². The van der Waals surface area contributed by atoms with Crippen molar-refractivity contribution >= 4 is 5.97 Å². The number of carbonyl (C=O) groups is 1. The van der Waals surface area contributed by atoms with Gasteiger partial charge in [0.15, 0.2) is 6.54 Å². The summed E-state index contributed by atoms with van der Waals surface area (Å²) in [6.45, 7) is 26.7. The van der Waals surface area contributed by atoms with Gasteiger partial charge in [-0.3, -0.25) is 0 Å². The molecule has 4 heteroatoms. The Kier molecular flexibility index (Phi) is 14.8. The lowest BCUT2D eigenvalue weighted by Gasteiger charge is -2.73. The van der Waals surface area contributed by atoms with Crippen LogP contribution in [0, 0.1) is 56.2 Å². The number of ether oxygens (including phenoxy) is 2. The van der Waals surface area contributed by atoms with Gasteiger partial charge in [0.2, 0.25) is 0 Å². The molecular weight excluding hydrogens is 699 g/mol. The average Bonchev–Trinajstić information content (AvgIpc) is 3.49. The minimum atomic E-state index is -0.00232. The van der Waals surface area contributed by atoms with Crippen LogP contribution in [0.5, 0.6) is 0 Å². The number of esters is 1. The lowest BCUT2D eigenvalue weighted by molar-refractivity contribution is -0.903. The van der Waals surface area contributed by atoms with E-state index in [1.165, 1.54) is 161 Å². The number of hydrogen-bond acceptors (Lipinski definition) is 3. The lowest BCUT2D eigenvalue weighted by atomic mass is 9.31. The van der Waals surface area contributed by atoms with Crippen LogP contribution < -0.4 is 0 Å². The minimum absolute atomic E-state index is 0.00232. The van der Waals surface area contributed by atoms with Gasteiger partial charge in [-0.05, 0) is 141 Å². The zero-order valence-corrected chi connectivity index (χ0v) is 39.8. The van der Waals surface area contributed by atoms with Crippen molar-refractivity contribution in [1.29, 1.82) is 0 Å². The molecule has 0 amide bonds. The summed E-state index contributed by atoms with van der Waals surface area (Å²) in [7, 11) is 2.38. The maximum Gasteiger partial charge on any atom is 0.362 e. The molecule has 10 atom stereocenters. The molecule has 6 rings (SSSR count). The molecule has 0 aromatic heterocycles. The third-order valence-electron chi connectivity index (χ3n) is 20.0. The second-order valence-electron chi connectivity index (χ2n) is 24.3. The maximum atomic E-state index is 14.2. The highest BCUT2D eigenvalue weighted by Crippen LogP contribution is 2.78. The van der Waals surface area contributed by atoms with E-state index in [0.29, 0.717) is 45.6 Å². The van der Waals surface area contributed by atoms with Crippen molar-refractivity contribution in [2.24, 2.45) is 56.2 Å². The van der Waals surface area contributed by atoms with Crippen LogP contribution >= 0.6 is 0 Å². The van der Waals surface area contributed by atoms with Gasteiger partial charge in [0, 0.05) is 5.41 Å². The fourth-order valence-electron chi connectivity index (χ4n) is 16.2.